The normalized spacial score (nSPS) is 12.4. The van der Waals surface area contributed by atoms with Gasteiger partial charge in [0.05, 0.1) is 4.88 Å². The Bertz CT molecular complexity index is 1120. The Morgan fingerprint density at radius 3 is 2.82 bits per heavy atom. The van der Waals surface area contributed by atoms with Crippen LogP contribution in [0.4, 0.5) is 4.39 Å². The van der Waals surface area contributed by atoms with Crippen LogP contribution in [0.3, 0.4) is 0 Å². The lowest BCUT2D eigenvalue weighted by Gasteiger charge is -2.17. The van der Waals surface area contributed by atoms with Crippen LogP contribution >= 0.6 is 11.3 Å². The molecule has 6 nitrogen and oxygen atoms in total. The molecule has 1 amide bonds. The van der Waals surface area contributed by atoms with Crippen LogP contribution in [0.15, 0.2) is 53.3 Å². The molecule has 0 spiro atoms. The van der Waals surface area contributed by atoms with Gasteiger partial charge in [-0.2, -0.15) is 4.98 Å². The zero-order valence-corrected chi connectivity index (χ0v) is 16.0. The average molecular weight is 396 g/mol. The van der Waals surface area contributed by atoms with Gasteiger partial charge in [0.2, 0.25) is 11.7 Å². The van der Waals surface area contributed by atoms with Gasteiger partial charge in [-0.25, -0.2) is 4.39 Å². The zero-order valence-electron chi connectivity index (χ0n) is 15.2. The summed E-state index contributed by atoms with van der Waals surface area (Å²) in [4.78, 5) is 21.7. The van der Waals surface area contributed by atoms with Crippen LogP contribution < -0.4 is 5.32 Å². The van der Waals surface area contributed by atoms with Gasteiger partial charge < -0.3 is 9.84 Å². The molecule has 0 aliphatic carbocycles. The molecule has 0 aliphatic rings. The summed E-state index contributed by atoms with van der Waals surface area (Å²) in [5, 5.41) is 7.36. The number of halogens is 1. The molecule has 1 N–H and O–H groups in total. The second kappa shape index (κ2) is 7.47. The van der Waals surface area contributed by atoms with Crippen LogP contribution in [0.25, 0.3) is 21.5 Å². The van der Waals surface area contributed by atoms with E-state index >= 15 is 0 Å². The number of benzene rings is 1. The quantitative estimate of drug-likeness (QED) is 0.533. The molecule has 3 aromatic heterocycles. The Kier molecular flexibility index (Phi) is 4.87. The highest BCUT2D eigenvalue weighted by molar-refractivity contribution is 7.20. The summed E-state index contributed by atoms with van der Waals surface area (Å²) in [6.45, 7) is 3.90. The maximum atomic E-state index is 13.9. The van der Waals surface area contributed by atoms with Crippen LogP contribution in [-0.4, -0.2) is 21.0 Å². The van der Waals surface area contributed by atoms with Gasteiger partial charge in [-0.1, -0.05) is 25.1 Å². The van der Waals surface area contributed by atoms with Crippen LogP contribution in [0.2, 0.25) is 0 Å². The van der Waals surface area contributed by atoms with Crippen LogP contribution in [0.1, 0.15) is 35.5 Å². The van der Waals surface area contributed by atoms with Gasteiger partial charge in [-0.05, 0) is 36.2 Å². The number of carbonyl (C=O) groups excluding carboxylic acids is 1. The molecule has 0 aliphatic heterocycles. The Morgan fingerprint density at radius 2 is 2.11 bits per heavy atom. The molecule has 1 aromatic carbocycles. The molecule has 1 unspecified atom stereocenters. The highest BCUT2D eigenvalue weighted by Gasteiger charge is 2.26. The van der Waals surface area contributed by atoms with Crippen molar-refractivity contribution in [1.82, 2.24) is 20.4 Å². The van der Waals surface area contributed by atoms with Gasteiger partial charge in [0.1, 0.15) is 11.9 Å². The lowest BCUT2D eigenvalue weighted by atomic mass is 10.0. The third-order valence-corrected chi connectivity index (χ3v) is 5.41. The Hall–Kier alpha value is -3.13. The lowest BCUT2D eigenvalue weighted by Crippen LogP contribution is -2.31. The molecule has 0 fully saturated rings. The fraction of sp³-hybridized carbons (Fsp3) is 0.200. The molecule has 0 bridgehead atoms. The number of nitrogens with zero attached hydrogens (tertiary/aromatic N) is 3. The van der Waals surface area contributed by atoms with Crippen molar-refractivity contribution in [2.75, 3.05) is 0 Å². The number of hydrogen-bond donors (Lipinski definition) is 1. The molecule has 3 heterocycles. The van der Waals surface area contributed by atoms with E-state index in [1.54, 1.807) is 36.7 Å². The molecule has 142 valence electrons. The van der Waals surface area contributed by atoms with Gasteiger partial charge in [0.25, 0.3) is 5.91 Å². The summed E-state index contributed by atoms with van der Waals surface area (Å²) < 4.78 is 20.0. The van der Waals surface area contributed by atoms with Gasteiger partial charge in [0, 0.05) is 28.0 Å². The summed E-state index contributed by atoms with van der Waals surface area (Å²) in [6, 6.07) is 9.51. The van der Waals surface area contributed by atoms with E-state index in [2.05, 4.69) is 20.4 Å². The number of pyridine rings is 1. The first-order chi connectivity index (χ1) is 13.5. The molecule has 4 rings (SSSR count). The molecule has 28 heavy (non-hydrogen) atoms. The molecular weight excluding hydrogens is 379 g/mol. The summed E-state index contributed by atoms with van der Waals surface area (Å²) in [6.07, 6.45) is 3.30. The van der Waals surface area contributed by atoms with Crippen molar-refractivity contribution < 1.29 is 13.7 Å². The number of aromatic nitrogens is 3. The van der Waals surface area contributed by atoms with E-state index in [9.17, 15) is 9.18 Å². The summed E-state index contributed by atoms with van der Waals surface area (Å²) in [5.41, 5.74) is 0.728. The highest BCUT2D eigenvalue weighted by atomic mass is 32.1. The van der Waals surface area contributed by atoms with E-state index in [0.717, 1.165) is 10.3 Å². The van der Waals surface area contributed by atoms with Gasteiger partial charge >= 0.3 is 0 Å². The second-order valence-corrected chi connectivity index (χ2v) is 7.74. The van der Waals surface area contributed by atoms with Gasteiger partial charge in [-0.15, -0.1) is 11.3 Å². The number of carbonyl (C=O) groups is 1. The first-order valence-electron chi connectivity index (χ1n) is 8.76. The molecule has 4 aromatic rings. The zero-order chi connectivity index (χ0) is 19.7. The monoisotopic (exact) mass is 396 g/mol. The molecule has 1 atom stereocenters. The average Bonchev–Trinajstić information content (AvgIpc) is 3.34. The van der Waals surface area contributed by atoms with E-state index in [0.29, 0.717) is 22.0 Å². The highest BCUT2D eigenvalue weighted by Crippen LogP contribution is 2.29. The smallest absolute Gasteiger partial charge is 0.262 e. The van der Waals surface area contributed by atoms with Crippen molar-refractivity contribution in [3.63, 3.8) is 0 Å². The van der Waals surface area contributed by atoms with Gasteiger partial charge in [0.15, 0.2) is 0 Å². The summed E-state index contributed by atoms with van der Waals surface area (Å²) in [7, 11) is 0. The SMILES string of the molecule is CC(C)C(NC(=O)c1cc2c(F)cccc2s1)c1nc(-c2cccnc2)no1. The maximum absolute atomic E-state index is 13.9. The number of hydrogen-bond acceptors (Lipinski definition) is 6. The minimum absolute atomic E-state index is 0.0114. The van der Waals surface area contributed by atoms with Crippen molar-refractivity contribution in [2.24, 2.45) is 5.92 Å². The largest absolute Gasteiger partial charge is 0.339 e. The number of fused-ring (bicyclic) bond motifs is 1. The fourth-order valence-corrected chi connectivity index (χ4v) is 3.82. The van der Waals surface area contributed by atoms with Crippen LogP contribution in [-0.2, 0) is 0 Å². The Labute approximate surface area is 164 Å². The Balaban J connectivity index is 1.59. The number of amides is 1. The van der Waals surface area contributed by atoms with E-state index < -0.39 is 6.04 Å². The van der Waals surface area contributed by atoms with Crippen LogP contribution in [0, 0.1) is 11.7 Å². The minimum atomic E-state index is -0.472. The summed E-state index contributed by atoms with van der Waals surface area (Å²) in [5.74, 6) is 0.0883. The Morgan fingerprint density at radius 1 is 1.25 bits per heavy atom. The van der Waals surface area contributed by atoms with E-state index in [4.69, 9.17) is 4.52 Å². The van der Waals surface area contributed by atoms with E-state index in [-0.39, 0.29) is 17.6 Å². The summed E-state index contributed by atoms with van der Waals surface area (Å²) >= 11 is 1.24. The van der Waals surface area contributed by atoms with Crippen molar-refractivity contribution in [1.29, 1.82) is 0 Å². The predicted molar refractivity (Wildman–Crippen MR) is 104 cm³/mol. The van der Waals surface area contributed by atoms with Crippen LogP contribution in [0.5, 0.6) is 0 Å². The van der Waals surface area contributed by atoms with Gasteiger partial charge in [-0.3, -0.25) is 9.78 Å². The fourth-order valence-electron chi connectivity index (χ4n) is 2.84. The predicted octanol–water partition coefficient (Wildman–Crippen LogP) is 4.61. The third kappa shape index (κ3) is 3.50. The number of rotatable bonds is 5. The molecule has 0 saturated carbocycles. The van der Waals surface area contributed by atoms with Crippen molar-refractivity contribution in [3.05, 3.63) is 65.4 Å². The standard InChI is InChI=1S/C20H17FN4O2S/c1-11(2)17(20-24-18(25-27-20)12-5-4-8-22-10-12)23-19(26)16-9-13-14(21)6-3-7-15(13)28-16/h3-11,17H,1-2H3,(H,23,26). The lowest BCUT2D eigenvalue weighted by molar-refractivity contribution is 0.0918. The topological polar surface area (TPSA) is 80.9 Å². The third-order valence-electron chi connectivity index (χ3n) is 4.31. The van der Waals surface area contributed by atoms with Crippen molar-refractivity contribution in [3.8, 4) is 11.4 Å². The molecule has 8 heteroatoms. The van der Waals surface area contributed by atoms with Crippen molar-refractivity contribution in [2.45, 2.75) is 19.9 Å². The number of thiophene rings is 1. The molecule has 0 radical (unpaired) electrons. The van der Waals surface area contributed by atoms with E-state index in [1.807, 2.05) is 19.9 Å². The maximum Gasteiger partial charge on any atom is 0.262 e. The van der Waals surface area contributed by atoms with Crippen molar-refractivity contribution >= 4 is 27.3 Å². The van der Waals surface area contributed by atoms with E-state index in [1.165, 1.54) is 17.4 Å². The second-order valence-electron chi connectivity index (χ2n) is 6.66. The minimum Gasteiger partial charge on any atom is -0.339 e. The first-order valence-corrected chi connectivity index (χ1v) is 9.57. The first kappa shape index (κ1) is 18.2. The molecule has 0 saturated heterocycles. The molecular formula is C20H17FN4O2S. The number of nitrogens with one attached hydrogen (secondary N) is 1.